The van der Waals surface area contributed by atoms with Crippen LogP contribution in [0.3, 0.4) is 0 Å². The molecule has 0 fully saturated rings. The average Bonchev–Trinajstić information content (AvgIpc) is 2.53. The summed E-state index contributed by atoms with van der Waals surface area (Å²) in [5.41, 5.74) is 0.634. The third-order valence-electron chi connectivity index (χ3n) is 1.91. The number of fused-ring (bicyclic) bond motifs is 1. The van der Waals surface area contributed by atoms with Crippen molar-refractivity contribution in [3.05, 3.63) is 28.9 Å². The minimum Gasteiger partial charge on any atom is -0.206 e. The molecule has 0 spiro atoms. The predicted octanol–water partition coefficient (Wildman–Crippen LogP) is 4.22. The maximum absolute atomic E-state index is 13.7. The zero-order valence-corrected chi connectivity index (χ0v) is 9.85. The van der Waals surface area contributed by atoms with E-state index in [9.17, 15) is 4.39 Å². The number of hydrogen-bond acceptors (Lipinski definition) is 2. The summed E-state index contributed by atoms with van der Waals surface area (Å²) >= 11 is 9.01. The summed E-state index contributed by atoms with van der Waals surface area (Å²) < 4.78 is 14.6. The Morgan fingerprint density at radius 1 is 1.54 bits per heavy atom. The molecular formula is C9H6BrFS2. The highest BCUT2D eigenvalue weighted by atomic mass is 79.9. The van der Waals surface area contributed by atoms with Gasteiger partial charge in [0.2, 0.25) is 0 Å². The molecule has 0 aliphatic rings. The molecule has 0 unspecified atom stereocenters. The van der Waals surface area contributed by atoms with E-state index in [0.717, 1.165) is 4.70 Å². The van der Waals surface area contributed by atoms with Gasteiger partial charge in [0.05, 0.1) is 0 Å². The first-order chi connectivity index (χ1) is 6.24. The van der Waals surface area contributed by atoms with Gasteiger partial charge in [-0.15, -0.1) is 24.0 Å². The van der Waals surface area contributed by atoms with Gasteiger partial charge in [0.15, 0.2) is 0 Å². The zero-order valence-electron chi connectivity index (χ0n) is 6.55. The van der Waals surface area contributed by atoms with Crippen LogP contribution in [0.2, 0.25) is 0 Å². The summed E-state index contributed by atoms with van der Waals surface area (Å²) in [6.45, 7) is 0. The highest BCUT2D eigenvalue weighted by Gasteiger charge is 2.10. The Hall–Kier alpha value is -0.0600. The topological polar surface area (TPSA) is 0 Å². The van der Waals surface area contributed by atoms with Gasteiger partial charge in [0.25, 0.3) is 0 Å². The van der Waals surface area contributed by atoms with Crippen molar-refractivity contribution < 1.29 is 4.39 Å². The minimum absolute atomic E-state index is 0.152. The normalized spacial score (nSPS) is 11.0. The molecule has 0 nitrogen and oxygen atoms in total. The molecule has 0 aliphatic carbocycles. The molecule has 1 aromatic carbocycles. The van der Waals surface area contributed by atoms with Gasteiger partial charge < -0.3 is 0 Å². The number of rotatable bonds is 1. The van der Waals surface area contributed by atoms with Gasteiger partial charge >= 0.3 is 0 Å². The van der Waals surface area contributed by atoms with E-state index in [0.29, 0.717) is 21.2 Å². The van der Waals surface area contributed by atoms with Gasteiger partial charge in [0, 0.05) is 25.9 Å². The molecule has 4 heteroatoms. The lowest BCUT2D eigenvalue weighted by molar-refractivity contribution is 0.625. The van der Waals surface area contributed by atoms with Gasteiger partial charge in [0.1, 0.15) is 5.82 Å². The molecule has 0 N–H and O–H groups in total. The summed E-state index contributed by atoms with van der Waals surface area (Å²) in [6, 6.07) is 3.71. The molecule has 0 amide bonds. The molecule has 0 atom stereocenters. The second-order valence-corrected chi connectivity index (χ2v) is 4.64. The van der Waals surface area contributed by atoms with Gasteiger partial charge in [-0.2, -0.15) is 0 Å². The lowest BCUT2D eigenvalue weighted by atomic mass is 10.2. The van der Waals surface area contributed by atoms with Crippen molar-refractivity contribution in [3.8, 4) is 0 Å². The SMILES string of the molecule is Fc1c(CBr)c(S)cc2sccc12. The number of hydrogen-bond donors (Lipinski definition) is 1. The highest BCUT2D eigenvalue weighted by Crippen LogP contribution is 2.31. The Bertz CT molecular complexity index is 450. The van der Waals surface area contributed by atoms with E-state index in [1.807, 2.05) is 11.4 Å². The van der Waals surface area contributed by atoms with Crippen molar-refractivity contribution in [2.24, 2.45) is 0 Å². The number of benzene rings is 1. The number of thiophene rings is 1. The van der Waals surface area contributed by atoms with Crippen LogP contribution < -0.4 is 0 Å². The molecule has 0 radical (unpaired) electrons. The fraction of sp³-hybridized carbons (Fsp3) is 0.111. The molecule has 0 bridgehead atoms. The fourth-order valence-corrected chi connectivity index (χ4v) is 3.21. The van der Waals surface area contributed by atoms with Crippen molar-refractivity contribution in [2.75, 3.05) is 0 Å². The van der Waals surface area contributed by atoms with Crippen molar-refractivity contribution in [1.82, 2.24) is 0 Å². The Morgan fingerprint density at radius 2 is 2.31 bits per heavy atom. The van der Waals surface area contributed by atoms with Gasteiger partial charge in [-0.3, -0.25) is 0 Å². The maximum Gasteiger partial charge on any atom is 0.137 e. The number of thiol groups is 1. The Labute approximate surface area is 93.3 Å². The largest absolute Gasteiger partial charge is 0.206 e. The van der Waals surface area contributed by atoms with Crippen LogP contribution in [0.4, 0.5) is 4.39 Å². The van der Waals surface area contributed by atoms with E-state index < -0.39 is 0 Å². The predicted molar refractivity (Wildman–Crippen MR) is 61.7 cm³/mol. The minimum atomic E-state index is -0.152. The third kappa shape index (κ3) is 1.51. The summed E-state index contributed by atoms with van der Waals surface area (Å²) in [6.07, 6.45) is 0. The van der Waals surface area contributed by atoms with E-state index in [2.05, 4.69) is 28.6 Å². The van der Waals surface area contributed by atoms with E-state index in [4.69, 9.17) is 0 Å². The van der Waals surface area contributed by atoms with E-state index in [1.54, 1.807) is 6.07 Å². The highest BCUT2D eigenvalue weighted by molar-refractivity contribution is 9.08. The first-order valence-corrected chi connectivity index (χ1v) is 6.12. The van der Waals surface area contributed by atoms with Crippen LogP contribution in [0, 0.1) is 5.82 Å². The molecule has 2 rings (SSSR count). The molecule has 1 heterocycles. The molecule has 0 saturated carbocycles. The summed E-state index contributed by atoms with van der Waals surface area (Å²) in [4.78, 5) is 0.712. The Balaban J connectivity index is 2.85. The van der Waals surface area contributed by atoms with Gasteiger partial charge in [-0.1, -0.05) is 15.9 Å². The monoisotopic (exact) mass is 276 g/mol. The second-order valence-electron chi connectivity index (χ2n) is 2.65. The Kier molecular flexibility index (Phi) is 2.62. The van der Waals surface area contributed by atoms with Crippen molar-refractivity contribution in [2.45, 2.75) is 10.2 Å². The molecule has 68 valence electrons. The van der Waals surface area contributed by atoms with Crippen molar-refractivity contribution >= 4 is 50.0 Å². The Morgan fingerprint density at radius 3 is 3.00 bits per heavy atom. The summed E-state index contributed by atoms with van der Waals surface area (Å²) in [5, 5.41) is 3.08. The third-order valence-corrected chi connectivity index (χ3v) is 3.73. The lowest BCUT2D eigenvalue weighted by Gasteiger charge is -2.03. The quantitative estimate of drug-likeness (QED) is 0.585. The smallest absolute Gasteiger partial charge is 0.137 e. The molecule has 0 saturated heterocycles. The molecular weight excluding hydrogens is 271 g/mol. The van der Waals surface area contributed by atoms with Crippen LogP contribution in [0.25, 0.3) is 10.1 Å². The molecule has 0 aliphatic heterocycles. The van der Waals surface area contributed by atoms with Crippen molar-refractivity contribution in [3.63, 3.8) is 0 Å². The standard InChI is InChI=1S/C9H6BrFS2/c10-4-6-7(12)3-8-5(9(6)11)1-2-13-8/h1-3,12H,4H2. The second kappa shape index (κ2) is 3.59. The first kappa shape index (κ1) is 9.49. The summed E-state index contributed by atoms with van der Waals surface area (Å²) in [7, 11) is 0. The van der Waals surface area contributed by atoms with Crippen LogP contribution in [-0.4, -0.2) is 0 Å². The molecule has 1 aromatic heterocycles. The van der Waals surface area contributed by atoms with Crippen LogP contribution in [-0.2, 0) is 5.33 Å². The fourth-order valence-electron chi connectivity index (χ4n) is 1.23. The van der Waals surface area contributed by atoms with Crippen LogP contribution >= 0.6 is 39.9 Å². The summed E-state index contributed by atoms with van der Waals surface area (Å²) in [5.74, 6) is -0.152. The number of alkyl halides is 1. The molecule has 13 heavy (non-hydrogen) atoms. The van der Waals surface area contributed by atoms with Crippen molar-refractivity contribution in [1.29, 1.82) is 0 Å². The maximum atomic E-state index is 13.7. The van der Waals surface area contributed by atoms with Crippen LogP contribution in [0.1, 0.15) is 5.56 Å². The van der Waals surface area contributed by atoms with Gasteiger partial charge in [-0.05, 0) is 17.5 Å². The first-order valence-electron chi connectivity index (χ1n) is 3.67. The van der Waals surface area contributed by atoms with E-state index in [1.165, 1.54) is 11.3 Å². The van der Waals surface area contributed by atoms with Crippen LogP contribution in [0.15, 0.2) is 22.4 Å². The number of halogens is 2. The zero-order chi connectivity index (χ0) is 9.42. The average molecular weight is 277 g/mol. The lowest BCUT2D eigenvalue weighted by Crippen LogP contribution is -1.88. The molecule has 2 aromatic rings. The van der Waals surface area contributed by atoms with Gasteiger partial charge in [-0.25, -0.2) is 4.39 Å². The van der Waals surface area contributed by atoms with E-state index >= 15 is 0 Å². The van der Waals surface area contributed by atoms with E-state index in [-0.39, 0.29) is 5.82 Å². The van der Waals surface area contributed by atoms with Crippen LogP contribution in [0.5, 0.6) is 0 Å².